The number of benzene rings is 1. The fourth-order valence-corrected chi connectivity index (χ4v) is 4.03. The van der Waals surface area contributed by atoms with Crippen LogP contribution in [0, 0.1) is 5.92 Å². The molecule has 3 aliphatic rings. The molecule has 2 fully saturated rings. The zero-order valence-corrected chi connectivity index (χ0v) is 16.0. The Balaban J connectivity index is 1.33. The van der Waals surface area contributed by atoms with Gasteiger partial charge in [-0.1, -0.05) is 6.07 Å². The van der Waals surface area contributed by atoms with Crippen molar-refractivity contribution in [3.8, 4) is 11.5 Å². The zero-order valence-electron chi connectivity index (χ0n) is 16.0. The molecule has 0 aromatic heterocycles. The summed E-state index contributed by atoms with van der Waals surface area (Å²) in [5.74, 6) is 1.03. The summed E-state index contributed by atoms with van der Waals surface area (Å²) in [6.45, 7) is 3.15. The van der Waals surface area contributed by atoms with Gasteiger partial charge in [-0.25, -0.2) is 0 Å². The van der Waals surface area contributed by atoms with E-state index in [1.165, 1.54) is 0 Å². The molecule has 1 aromatic rings. The van der Waals surface area contributed by atoms with E-state index in [0.717, 1.165) is 23.5 Å². The lowest BCUT2D eigenvalue weighted by atomic mass is 10.1. The summed E-state index contributed by atoms with van der Waals surface area (Å²) < 4.78 is 16.9. The van der Waals surface area contributed by atoms with Crippen molar-refractivity contribution < 1.29 is 28.9 Å². The number of carboxylic acid groups (broad SMARTS) is 1. The van der Waals surface area contributed by atoms with Crippen LogP contribution in [0.3, 0.4) is 0 Å². The van der Waals surface area contributed by atoms with E-state index in [4.69, 9.17) is 19.3 Å². The molecule has 0 radical (unpaired) electrons. The monoisotopic (exact) mass is 390 g/mol. The van der Waals surface area contributed by atoms with Crippen LogP contribution in [0.1, 0.15) is 17.9 Å². The molecule has 1 N–H and O–H groups in total. The van der Waals surface area contributed by atoms with Gasteiger partial charge in [0.15, 0.2) is 11.5 Å². The molecule has 1 saturated carbocycles. The first kappa shape index (κ1) is 19.0. The van der Waals surface area contributed by atoms with Crippen molar-refractivity contribution in [2.24, 2.45) is 5.92 Å². The van der Waals surface area contributed by atoms with E-state index >= 15 is 0 Å². The number of hydrogen-bond acceptors (Lipinski definition) is 6. The van der Waals surface area contributed by atoms with E-state index in [-0.39, 0.29) is 30.4 Å². The Morgan fingerprint density at radius 1 is 1.21 bits per heavy atom. The summed E-state index contributed by atoms with van der Waals surface area (Å²) in [6.07, 6.45) is 0.688. The van der Waals surface area contributed by atoms with Crippen molar-refractivity contribution in [1.82, 2.24) is 9.80 Å². The van der Waals surface area contributed by atoms with Crippen LogP contribution >= 0.6 is 0 Å². The van der Waals surface area contributed by atoms with Crippen LogP contribution in [-0.4, -0.2) is 85.9 Å². The second-order valence-electron chi connectivity index (χ2n) is 7.72. The topological polar surface area (TPSA) is 88.5 Å². The number of amides is 1. The maximum Gasteiger partial charge on any atom is 0.317 e. The first-order valence-corrected chi connectivity index (χ1v) is 9.71. The van der Waals surface area contributed by atoms with Gasteiger partial charge in [0.2, 0.25) is 5.91 Å². The average molecular weight is 390 g/mol. The quantitative estimate of drug-likeness (QED) is 0.769. The summed E-state index contributed by atoms with van der Waals surface area (Å²) in [6, 6.07) is 5.94. The Bertz CT molecular complexity index is 754. The maximum atomic E-state index is 12.9. The second kappa shape index (κ2) is 7.97. The summed E-state index contributed by atoms with van der Waals surface area (Å²) in [7, 11) is 1.75. The Kier molecular flexibility index (Phi) is 5.41. The van der Waals surface area contributed by atoms with Gasteiger partial charge in [0, 0.05) is 25.6 Å². The third-order valence-electron chi connectivity index (χ3n) is 5.47. The fraction of sp³-hybridized carbons (Fsp3) is 0.600. The van der Waals surface area contributed by atoms with Crippen LogP contribution in [-0.2, 0) is 14.3 Å². The maximum absolute atomic E-state index is 12.9. The van der Waals surface area contributed by atoms with E-state index in [1.54, 1.807) is 11.9 Å². The summed E-state index contributed by atoms with van der Waals surface area (Å²) in [4.78, 5) is 27.3. The third-order valence-corrected chi connectivity index (χ3v) is 5.47. The fourth-order valence-electron chi connectivity index (χ4n) is 4.03. The molecule has 2 heterocycles. The predicted molar refractivity (Wildman–Crippen MR) is 99.7 cm³/mol. The average Bonchev–Trinajstić information content (AvgIpc) is 3.47. The smallest absolute Gasteiger partial charge is 0.317 e. The molecular weight excluding hydrogens is 364 g/mol. The first-order chi connectivity index (χ1) is 13.5. The van der Waals surface area contributed by atoms with E-state index in [9.17, 15) is 9.59 Å². The largest absolute Gasteiger partial charge is 0.486 e. The molecule has 1 amide bonds. The van der Waals surface area contributed by atoms with Gasteiger partial charge in [-0.2, -0.15) is 0 Å². The lowest BCUT2D eigenvalue weighted by Gasteiger charge is -2.34. The van der Waals surface area contributed by atoms with Crippen molar-refractivity contribution in [3.05, 3.63) is 23.8 Å². The number of rotatable bonds is 6. The van der Waals surface area contributed by atoms with Gasteiger partial charge in [-0.15, -0.1) is 0 Å². The first-order valence-electron chi connectivity index (χ1n) is 9.71. The zero-order chi connectivity index (χ0) is 19.7. The van der Waals surface area contributed by atoms with Gasteiger partial charge >= 0.3 is 5.97 Å². The lowest BCUT2D eigenvalue weighted by molar-refractivity contribution is -0.143. The SMILES string of the molecule is CN(CC(=O)O)CC1CN(C(=O)C2CC2c2ccc3c(c2)OCCO3)CCO1. The summed E-state index contributed by atoms with van der Waals surface area (Å²) in [5.41, 5.74) is 1.12. The molecule has 3 unspecified atom stereocenters. The number of hydrogen-bond donors (Lipinski definition) is 1. The molecule has 8 nitrogen and oxygen atoms in total. The second-order valence-corrected chi connectivity index (χ2v) is 7.72. The molecule has 1 saturated heterocycles. The minimum Gasteiger partial charge on any atom is -0.486 e. The molecule has 8 heteroatoms. The molecule has 1 aliphatic carbocycles. The molecule has 1 aromatic carbocycles. The lowest BCUT2D eigenvalue weighted by Crippen LogP contribution is -2.50. The molecular formula is C20H26N2O6. The van der Waals surface area contributed by atoms with Gasteiger partial charge in [0.05, 0.1) is 19.3 Å². The van der Waals surface area contributed by atoms with Crippen LogP contribution in [0.15, 0.2) is 18.2 Å². The highest BCUT2D eigenvalue weighted by Gasteiger charge is 2.46. The van der Waals surface area contributed by atoms with Crippen molar-refractivity contribution in [2.45, 2.75) is 18.4 Å². The summed E-state index contributed by atoms with van der Waals surface area (Å²) >= 11 is 0. The number of morpholine rings is 1. The number of fused-ring (bicyclic) bond motifs is 1. The van der Waals surface area contributed by atoms with Crippen LogP contribution < -0.4 is 9.47 Å². The highest BCUT2D eigenvalue weighted by molar-refractivity contribution is 5.83. The molecule has 152 valence electrons. The summed E-state index contributed by atoms with van der Waals surface area (Å²) in [5, 5.41) is 8.88. The van der Waals surface area contributed by atoms with E-state index < -0.39 is 5.97 Å². The number of carbonyl (C=O) groups excluding carboxylic acids is 1. The normalized spacial score (nSPS) is 26.2. The van der Waals surface area contributed by atoms with Gasteiger partial charge < -0.3 is 24.2 Å². The third kappa shape index (κ3) is 4.23. The van der Waals surface area contributed by atoms with Crippen molar-refractivity contribution in [1.29, 1.82) is 0 Å². The molecule has 0 spiro atoms. The predicted octanol–water partition coefficient (Wildman–Crippen LogP) is 0.805. The van der Waals surface area contributed by atoms with Crippen LogP contribution in [0.2, 0.25) is 0 Å². The number of likely N-dealkylation sites (N-methyl/N-ethyl adjacent to an activating group) is 1. The van der Waals surface area contributed by atoms with Gasteiger partial charge in [-0.3, -0.25) is 14.5 Å². The van der Waals surface area contributed by atoms with Crippen molar-refractivity contribution in [2.75, 3.05) is 53.0 Å². The van der Waals surface area contributed by atoms with Gasteiger partial charge in [0.1, 0.15) is 13.2 Å². The number of nitrogens with zero attached hydrogens (tertiary/aromatic N) is 2. The molecule has 3 atom stereocenters. The molecule has 2 aliphatic heterocycles. The Morgan fingerprint density at radius 3 is 2.79 bits per heavy atom. The molecule has 28 heavy (non-hydrogen) atoms. The van der Waals surface area contributed by atoms with Crippen LogP contribution in [0.5, 0.6) is 11.5 Å². The number of carbonyl (C=O) groups is 2. The van der Waals surface area contributed by atoms with E-state index in [0.29, 0.717) is 39.5 Å². The minimum atomic E-state index is -0.869. The Labute approximate surface area is 164 Å². The van der Waals surface area contributed by atoms with E-state index in [1.807, 2.05) is 23.1 Å². The minimum absolute atomic E-state index is 0.00180. The molecule has 0 bridgehead atoms. The number of carboxylic acids is 1. The van der Waals surface area contributed by atoms with Crippen LogP contribution in [0.4, 0.5) is 0 Å². The van der Waals surface area contributed by atoms with Crippen molar-refractivity contribution in [3.63, 3.8) is 0 Å². The molecule has 4 rings (SSSR count). The van der Waals surface area contributed by atoms with Crippen LogP contribution in [0.25, 0.3) is 0 Å². The Hall–Kier alpha value is -2.32. The van der Waals surface area contributed by atoms with Gasteiger partial charge in [0.25, 0.3) is 0 Å². The van der Waals surface area contributed by atoms with Crippen molar-refractivity contribution >= 4 is 11.9 Å². The highest BCUT2D eigenvalue weighted by Crippen LogP contribution is 2.50. The number of aliphatic carboxylic acids is 1. The Morgan fingerprint density at radius 2 is 2.00 bits per heavy atom. The standard InChI is InChI=1S/C20H26N2O6/c1-21(12-19(23)24)10-14-11-22(4-5-26-14)20(25)16-9-15(16)13-2-3-17-18(8-13)28-7-6-27-17/h2-3,8,14-16H,4-7,9-12H2,1H3,(H,23,24). The highest BCUT2D eigenvalue weighted by atomic mass is 16.6. The number of ether oxygens (including phenoxy) is 3. The van der Waals surface area contributed by atoms with Gasteiger partial charge in [-0.05, 0) is 37.1 Å². The van der Waals surface area contributed by atoms with E-state index in [2.05, 4.69) is 0 Å².